The highest BCUT2D eigenvalue weighted by Gasteiger charge is 2.23. The van der Waals surface area contributed by atoms with Crippen molar-refractivity contribution in [3.8, 4) is 11.5 Å². The average Bonchev–Trinajstić information content (AvgIpc) is 2.65. The number of carbonyl (C=O) groups is 1. The molecule has 0 saturated heterocycles. The van der Waals surface area contributed by atoms with Gasteiger partial charge in [0.25, 0.3) is 5.91 Å². The monoisotopic (exact) mass is 385 g/mol. The summed E-state index contributed by atoms with van der Waals surface area (Å²) in [5.41, 5.74) is 5.39. The zero-order valence-corrected chi connectivity index (χ0v) is 18.1. The molecule has 0 saturated carbocycles. The minimum Gasteiger partial charge on any atom is -0.493 e. The van der Waals surface area contributed by atoms with Crippen molar-refractivity contribution >= 4 is 11.6 Å². The van der Waals surface area contributed by atoms with Gasteiger partial charge in [-0.3, -0.25) is 4.79 Å². The van der Waals surface area contributed by atoms with E-state index < -0.39 is 0 Å². The van der Waals surface area contributed by atoms with E-state index in [1.165, 1.54) is 5.56 Å². The highest BCUT2D eigenvalue weighted by Crippen LogP contribution is 2.27. The third-order valence-corrected chi connectivity index (χ3v) is 5.07. The lowest BCUT2D eigenvalue weighted by Crippen LogP contribution is -3.12. The number of nitrogens with one attached hydrogen (secondary N) is 2. The van der Waals surface area contributed by atoms with Gasteiger partial charge in [0.15, 0.2) is 17.5 Å². The number of amides is 1. The second-order valence-electron chi connectivity index (χ2n) is 7.43. The number of carbonyl (C=O) groups excluding carboxylic acids is 1. The molecule has 0 aliphatic rings. The molecule has 0 aliphatic heterocycles. The van der Waals surface area contributed by atoms with Crippen molar-refractivity contribution in [2.45, 2.75) is 47.2 Å². The number of benzene rings is 2. The number of rotatable bonds is 8. The maximum Gasteiger partial charge on any atom is 0.282 e. The molecule has 0 radical (unpaired) electrons. The van der Waals surface area contributed by atoms with E-state index in [1.54, 1.807) is 7.11 Å². The number of hydrogen-bond donors (Lipinski definition) is 2. The Morgan fingerprint density at radius 1 is 1.11 bits per heavy atom. The van der Waals surface area contributed by atoms with Crippen LogP contribution in [0.5, 0.6) is 11.5 Å². The summed E-state index contributed by atoms with van der Waals surface area (Å²) in [6.45, 7) is 11.3. The highest BCUT2D eigenvalue weighted by molar-refractivity contribution is 5.95. The molecule has 28 heavy (non-hydrogen) atoms. The van der Waals surface area contributed by atoms with E-state index in [0.29, 0.717) is 13.2 Å². The fourth-order valence-corrected chi connectivity index (χ4v) is 3.40. The molecule has 2 atom stereocenters. The first-order valence-electron chi connectivity index (χ1n) is 9.77. The van der Waals surface area contributed by atoms with Gasteiger partial charge in [-0.25, -0.2) is 0 Å². The number of ether oxygens (including phenoxy) is 2. The van der Waals surface area contributed by atoms with Gasteiger partial charge in [0.1, 0.15) is 6.54 Å². The third kappa shape index (κ3) is 5.26. The largest absolute Gasteiger partial charge is 0.493 e. The third-order valence-electron chi connectivity index (χ3n) is 5.07. The molecule has 0 bridgehead atoms. The minimum atomic E-state index is -0.197. The van der Waals surface area contributed by atoms with Gasteiger partial charge >= 0.3 is 0 Å². The van der Waals surface area contributed by atoms with Gasteiger partial charge in [-0.05, 0) is 63.9 Å². The Bertz CT molecular complexity index is 810. The average molecular weight is 386 g/mol. The van der Waals surface area contributed by atoms with Crippen LogP contribution in [0, 0.1) is 20.8 Å². The van der Waals surface area contributed by atoms with Crippen molar-refractivity contribution in [1.82, 2.24) is 0 Å². The Kier molecular flexibility index (Phi) is 7.46. The Balaban J connectivity index is 2.08. The summed E-state index contributed by atoms with van der Waals surface area (Å²) in [5.74, 6) is 1.48. The van der Waals surface area contributed by atoms with E-state index in [1.807, 2.05) is 52.9 Å². The molecule has 1 amide bonds. The molecule has 1 unspecified atom stereocenters. The first-order valence-corrected chi connectivity index (χ1v) is 9.77. The summed E-state index contributed by atoms with van der Waals surface area (Å²) in [5, 5.41) is 3.12. The molecule has 5 heteroatoms. The maximum atomic E-state index is 12.8. The zero-order valence-electron chi connectivity index (χ0n) is 18.1. The lowest BCUT2D eigenvalue weighted by Gasteiger charge is -2.22. The van der Waals surface area contributed by atoms with Gasteiger partial charge in [-0.15, -0.1) is 0 Å². The molecule has 2 aromatic rings. The molecule has 0 fully saturated rings. The summed E-state index contributed by atoms with van der Waals surface area (Å²) < 4.78 is 11.0. The highest BCUT2D eigenvalue weighted by atomic mass is 16.5. The smallest absolute Gasteiger partial charge is 0.282 e. The molecule has 0 heterocycles. The van der Waals surface area contributed by atoms with E-state index in [9.17, 15) is 4.79 Å². The van der Waals surface area contributed by atoms with Crippen molar-refractivity contribution in [1.29, 1.82) is 0 Å². The molecule has 0 spiro atoms. The molecule has 2 aromatic carbocycles. The topological polar surface area (TPSA) is 52.0 Å². The van der Waals surface area contributed by atoms with Gasteiger partial charge in [0, 0.05) is 11.3 Å². The Morgan fingerprint density at radius 3 is 2.32 bits per heavy atom. The standard InChI is InChI=1S/C23H32N2O3/c1-8-28-20-10-9-19(13-21(20)27-7)14-25(6)18(5)23(26)24-22-16(3)11-15(2)12-17(22)4/h9-13,18H,8,14H2,1-7H3,(H,24,26)/p+1/t18-/m0/s1. The Hall–Kier alpha value is -2.53. The van der Waals surface area contributed by atoms with Crippen LogP contribution in [0.1, 0.15) is 36.1 Å². The number of aryl methyl sites for hydroxylation is 3. The van der Waals surface area contributed by atoms with Crippen molar-refractivity contribution < 1.29 is 19.2 Å². The number of quaternary nitrogens is 1. The van der Waals surface area contributed by atoms with Crippen LogP contribution < -0.4 is 19.7 Å². The molecule has 2 rings (SSSR count). The van der Waals surface area contributed by atoms with Crippen molar-refractivity contribution in [2.24, 2.45) is 0 Å². The first kappa shape index (κ1) is 21.8. The molecule has 5 nitrogen and oxygen atoms in total. The minimum absolute atomic E-state index is 0.0189. The second-order valence-corrected chi connectivity index (χ2v) is 7.43. The van der Waals surface area contributed by atoms with Crippen LogP contribution in [0.2, 0.25) is 0 Å². The van der Waals surface area contributed by atoms with Gasteiger partial charge in [-0.1, -0.05) is 17.7 Å². The van der Waals surface area contributed by atoms with E-state index in [-0.39, 0.29) is 11.9 Å². The van der Waals surface area contributed by atoms with E-state index in [2.05, 4.69) is 24.4 Å². The van der Waals surface area contributed by atoms with Crippen LogP contribution in [0.4, 0.5) is 5.69 Å². The van der Waals surface area contributed by atoms with Crippen molar-refractivity contribution in [3.05, 3.63) is 52.6 Å². The number of methoxy groups -OCH3 is 1. The van der Waals surface area contributed by atoms with Gasteiger partial charge in [-0.2, -0.15) is 0 Å². The van der Waals surface area contributed by atoms with Crippen LogP contribution in [0.15, 0.2) is 30.3 Å². The van der Waals surface area contributed by atoms with Crippen molar-refractivity contribution in [2.75, 3.05) is 26.1 Å². The fraction of sp³-hybridized carbons (Fsp3) is 0.435. The van der Waals surface area contributed by atoms with E-state index in [0.717, 1.165) is 38.8 Å². The second kappa shape index (κ2) is 9.60. The number of anilines is 1. The number of hydrogen-bond acceptors (Lipinski definition) is 3. The van der Waals surface area contributed by atoms with Gasteiger partial charge in [0.05, 0.1) is 20.8 Å². The summed E-state index contributed by atoms with van der Waals surface area (Å²) in [6.07, 6.45) is 0. The van der Waals surface area contributed by atoms with E-state index >= 15 is 0 Å². The van der Waals surface area contributed by atoms with Gasteiger partial charge < -0.3 is 19.7 Å². The van der Waals surface area contributed by atoms with Crippen LogP contribution in [-0.4, -0.2) is 32.7 Å². The quantitative estimate of drug-likeness (QED) is 0.734. The summed E-state index contributed by atoms with van der Waals surface area (Å²) in [7, 11) is 3.67. The SMILES string of the molecule is CCOc1ccc(C[NH+](C)[C@@H](C)C(=O)Nc2c(C)cc(C)cc2C)cc1OC. The summed E-state index contributed by atoms with van der Waals surface area (Å²) in [6, 6.07) is 9.92. The van der Waals surface area contributed by atoms with E-state index in [4.69, 9.17) is 9.47 Å². The molecule has 0 aliphatic carbocycles. The summed E-state index contributed by atoms with van der Waals surface area (Å²) in [4.78, 5) is 13.9. The van der Waals surface area contributed by atoms with Crippen LogP contribution in [0.25, 0.3) is 0 Å². The zero-order chi connectivity index (χ0) is 20.8. The molecular formula is C23H33N2O3+. The normalized spacial score (nSPS) is 13.0. The molecular weight excluding hydrogens is 352 g/mol. The van der Waals surface area contributed by atoms with Crippen LogP contribution >= 0.6 is 0 Å². The molecule has 152 valence electrons. The Morgan fingerprint density at radius 2 is 1.75 bits per heavy atom. The first-order chi connectivity index (χ1) is 13.3. The number of likely N-dealkylation sites (N-methyl/N-ethyl adjacent to an activating group) is 1. The summed E-state index contributed by atoms with van der Waals surface area (Å²) >= 11 is 0. The van der Waals surface area contributed by atoms with Gasteiger partial charge in [0.2, 0.25) is 0 Å². The lowest BCUT2D eigenvalue weighted by molar-refractivity contribution is -0.907. The fourth-order valence-electron chi connectivity index (χ4n) is 3.40. The predicted molar refractivity (Wildman–Crippen MR) is 113 cm³/mol. The molecule has 2 N–H and O–H groups in total. The molecule has 0 aromatic heterocycles. The predicted octanol–water partition coefficient (Wildman–Crippen LogP) is 3.06. The maximum absolute atomic E-state index is 12.8. The lowest BCUT2D eigenvalue weighted by atomic mass is 10.0. The van der Waals surface area contributed by atoms with Crippen molar-refractivity contribution in [3.63, 3.8) is 0 Å². The van der Waals surface area contributed by atoms with Crippen LogP contribution in [0.3, 0.4) is 0 Å². The van der Waals surface area contributed by atoms with Crippen LogP contribution in [-0.2, 0) is 11.3 Å². The Labute approximate surface area is 168 Å².